The van der Waals surface area contributed by atoms with Gasteiger partial charge in [0.05, 0.1) is 16.3 Å². The number of amides is 2. The van der Waals surface area contributed by atoms with Gasteiger partial charge >= 0.3 is 0 Å². The lowest BCUT2D eigenvalue weighted by molar-refractivity contribution is -0.126. The van der Waals surface area contributed by atoms with Gasteiger partial charge in [-0.25, -0.2) is 5.43 Å². The zero-order chi connectivity index (χ0) is 23.6. The lowest BCUT2D eigenvalue weighted by atomic mass is 10.1. The van der Waals surface area contributed by atoms with Crippen molar-refractivity contribution >= 4 is 46.9 Å². The number of para-hydroxylation sites is 2. The molecule has 0 radical (unpaired) electrons. The maximum atomic E-state index is 12.2. The molecular formula is C25H23Cl2N3O3. The summed E-state index contributed by atoms with van der Waals surface area (Å²) < 4.78 is 5.86. The van der Waals surface area contributed by atoms with E-state index in [1.165, 1.54) is 6.21 Å². The molecule has 0 saturated heterocycles. The maximum absolute atomic E-state index is 12.2. The number of carbonyl (C=O) groups is 2. The number of hydrazone groups is 1. The van der Waals surface area contributed by atoms with Crippen LogP contribution in [0.3, 0.4) is 0 Å². The summed E-state index contributed by atoms with van der Waals surface area (Å²) in [5.74, 6) is -0.351. The van der Waals surface area contributed by atoms with Crippen molar-refractivity contribution in [3.63, 3.8) is 0 Å². The number of nitrogens with one attached hydrogen (secondary N) is 2. The van der Waals surface area contributed by atoms with Crippen LogP contribution in [0.25, 0.3) is 0 Å². The Morgan fingerprint density at radius 3 is 2.52 bits per heavy atom. The number of carbonyl (C=O) groups excluding carboxylic acids is 2. The molecule has 0 spiro atoms. The van der Waals surface area contributed by atoms with Gasteiger partial charge in [0.25, 0.3) is 0 Å². The SMILES string of the molecule is CCc1ccccc1NC(=O)CC(=O)NN=Cc1ccccc1OCc1ccc(Cl)c(Cl)c1. The van der Waals surface area contributed by atoms with E-state index in [4.69, 9.17) is 27.9 Å². The van der Waals surface area contributed by atoms with Crippen molar-refractivity contribution in [2.75, 3.05) is 5.32 Å². The van der Waals surface area contributed by atoms with E-state index >= 15 is 0 Å². The summed E-state index contributed by atoms with van der Waals surface area (Å²) >= 11 is 12.0. The second-order valence-corrected chi connectivity index (χ2v) is 7.92. The predicted octanol–water partition coefficient (Wildman–Crippen LogP) is 5.61. The molecule has 0 atom stereocenters. The van der Waals surface area contributed by atoms with Gasteiger partial charge in [-0.05, 0) is 47.9 Å². The number of nitrogens with zero attached hydrogens (tertiary/aromatic N) is 1. The van der Waals surface area contributed by atoms with E-state index in [9.17, 15) is 9.59 Å². The molecule has 3 aromatic carbocycles. The summed E-state index contributed by atoms with van der Waals surface area (Å²) in [5, 5.41) is 7.65. The van der Waals surface area contributed by atoms with Crippen LogP contribution in [0, 0.1) is 0 Å². The highest BCUT2D eigenvalue weighted by Gasteiger charge is 2.11. The van der Waals surface area contributed by atoms with Gasteiger partial charge in [-0.2, -0.15) is 5.10 Å². The monoisotopic (exact) mass is 483 g/mol. The maximum Gasteiger partial charge on any atom is 0.249 e. The van der Waals surface area contributed by atoms with Crippen molar-refractivity contribution < 1.29 is 14.3 Å². The highest BCUT2D eigenvalue weighted by atomic mass is 35.5. The zero-order valence-electron chi connectivity index (χ0n) is 18.0. The second-order valence-electron chi connectivity index (χ2n) is 7.10. The van der Waals surface area contributed by atoms with E-state index in [0.717, 1.165) is 17.5 Å². The van der Waals surface area contributed by atoms with Gasteiger partial charge in [0.2, 0.25) is 11.8 Å². The summed E-state index contributed by atoms with van der Waals surface area (Å²) in [7, 11) is 0. The Bertz CT molecular complexity index is 1170. The van der Waals surface area contributed by atoms with E-state index in [-0.39, 0.29) is 13.0 Å². The molecule has 0 unspecified atom stereocenters. The first-order valence-corrected chi connectivity index (χ1v) is 11.1. The Morgan fingerprint density at radius 1 is 0.970 bits per heavy atom. The second kappa shape index (κ2) is 12.0. The molecule has 0 aliphatic heterocycles. The standard InChI is InChI=1S/C25H23Cl2N3O3/c1-2-18-7-3-5-9-22(18)29-24(31)14-25(32)30-28-15-19-8-4-6-10-23(19)33-16-17-11-12-20(26)21(27)13-17/h3-13,15H,2,14,16H2,1H3,(H,29,31)(H,30,32). The van der Waals surface area contributed by atoms with Crippen LogP contribution in [-0.2, 0) is 22.6 Å². The molecule has 0 aliphatic rings. The lowest BCUT2D eigenvalue weighted by Gasteiger charge is -2.10. The van der Waals surface area contributed by atoms with Gasteiger partial charge in [0.15, 0.2) is 0 Å². The minimum atomic E-state index is -0.521. The zero-order valence-corrected chi connectivity index (χ0v) is 19.5. The number of hydrogen-bond donors (Lipinski definition) is 2. The van der Waals surface area contributed by atoms with E-state index in [2.05, 4.69) is 15.8 Å². The highest BCUT2D eigenvalue weighted by molar-refractivity contribution is 6.42. The molecule has 8 heteroatoms. The van der Waals surface area contributed by atoms with Crippen LogP contribution in [0.1, 0.15) is 30.0 Å². The molecule has 3 rings (SSSR count). The first-order valence-electron chi connectivity index (χ1n) is 10.3. The fourth-order valence-electron chi connectivity index (χ4n) is 3.01. The third-order valence-corrected chi connectivity index (χ3v) is 5.42. The van der Waals surface area contributed by atoms with E-state index in [1.54, 1.807) is 24.3 Å². The largest absolute Gasteiger partial charge is 0.488 e. The number of benzene rings is 3. The molecule has 0 saturated carbocycles. The molecule has 170 valence electrons. The van der Waals surface area contributed by atoms with E-state index in [1.807, 2.05) is 49.4 Å². The average Bonchev–Trinajstić information content (AvgIpc) is 2.81. The van der Waals surface area contributed by atoms with Gasteiger partial charge < -0.3 is 10.1 Å². The normalized spacial score (nSPS) is 10.8. The first kappa shape index (κ1) is 24.3. The van der Waals surface area contributed by atoms with Gasteiger partial charge in [-0.1, -0.05) is 66.5 Å². The Labute approximate surface area is 202 Å². The molecule has 0 fully saturated rings. The van der Waals surface area contributed by atoms with Crippen LogP contribution in [0.5, 0.6) is 5.75 Å². The molecule has 0 aromatic heterocycles. The van der Waals surface area contributed by atoms with Crippen molar-refractivity contribution in [1.29, 1.82) is 0 Å². The van der Waals surface area contributed by atoms with E-state index < -0.39 is 11.8 Å². The number of ether oxygens (including phenoxy) is 1. The van der Waals surface area contributed by atoms with Crippen molar-refractivity contribution in [1.82, 2.24) is 5.43 Å². The van der Waals surface area contributed by atoms with Crippen LogP contribution in [0.2, 0.25) is 10.0 Å². The van der Waals surface area contributed by atoms with Crippen molar-refractivity contribution in [3.05, 3.63) is 93.5 Å². The van der Waals surface area contributed by atoms with Gasteiger partial charge in [0, 0.05) is 11.3 Å². The molecule has 0 bridgehead atoms. The molecule has 0 aliphatic carbocycles. The van der Waals surface area contributed by atoms with Crippen molar-refractivity contribution in [2.24, 2.45) is 5.10 Å². The quantitative estimate of drug-likeness (QED) is 0.235. The van der Waals surface area contributed by atoms with Crippen LogP contribution < -0.4 is 15.5 Å². The fourth-order valence-corrected chi connectivity index (χ4v) is 3.33. The van der Waals surface area contributed by atoms with Gasteiger partial charge in [-0.15, -0.1) is 0 Å². The number of rotatable bonds is 9. The smallest absolute Gasteiger partial charge is 0.249 e. The number of anilines is 1. The number of hydrogen-bond acceptors (Lipinski definition) is 4. The summed E-state index contributed by atoms with van der Waals surface area (Å²) in [6.45, 7) is 2.28. The Hall–Kier alpha value is -3.35. The summed E-state index contributed by atoms with van der Waals surface area (Å²) in [5.41, 5.74) is 5.61. The topological polar surface area (TPSA) is 79.8 Å². The van der Waals surface area contributed by atoms with Crippen LogP contribution in [-0.4, -0.2) is 18.0 Å². The fraction of sp³-hybridized carbons (Fsp3) is 0.160. The minimum absolute atomic E-state index is 0.285. The third-order valence-electron chi connectivity index (χ3n) is 4.68. The Balaban J connectivity index is 1.53. The van der Waals surface area contributed by atoms with Crippen molar-refractivity contribution in [2.45, 2.75) is 26.4 Å². The average molecular weight is 484 g/mol. The summed E-state index contributed by atoms with van der Waals surface area (Å²) in [4.78, 5) is 24.3. The van der Waals surface area contributed by atoms with Gasteiger partial charge in [0.1, 0.15) is 18.8 Å². The van der Waals surface area contributed by atoms with Crippen molar-refractivity contribution in [3.8, 4) is 5.75 Å². The molecule has 2 amide bonds. The molecular weight excluding hydrogens is 461 g/mol. The highest BCUT2D eigenvalue weighted by Crippen LogP contribution is 2.24. The molecule has 0 heterocycles. The van der Waals surface area contributed by atoms with Crippen LogP contribution in [0.4, 0.5) is 5.69 Å². The van der Waals surface area contributed by atoms with Crippen LogP contribution in [0.15, 0.2) is 71.8 Å². The summed E-state index contributed by atoms with van der Waals surface area (Å²) in [6, 6.07) is 20.0. The number of aryl methyl sites for hydroxylation is 1. The third kappa shape index (κ3) is 7.34. The number of halogens is 2. The molecule has 2 N–H and O–H groups in total. The van der Waals surface area contributed by atoms with Gasteiger partial charge in [-0.3, -0.25) is 9.59 Å². The molecule has 33 heavy (non-hydrogen) atoms. The Morgan fingerprint density at radius 2 is 1.73 bits per heavy atom. The Kier molecular flexibility index (Phi) is 8.87. The predicted molar refractivity (Wildman–Crippen MR) is 132 cm³/mol. The van der Waals surface area contributed by atoms with Crippen LogP contribution >= 0.6 is 23.2 Å². The molecule has 3 aromatic rings. The minimum Gasteiger partial charge on any atom is -0.488 e. The molecule has 6 nitrogen and oxygen atoms in total. The first-order chi connectivity index (χ1) is 16.0. The summed E-state index contributed by atoms with van der Waals surface area (Å²) in [6.07, 6.45) is 1.90. The lowest BCUT2D eigenvalue weighted by Crippen LogP contribution is -2.25. The van der Waals surface area contributed by atoms with E-state index in [0.29, 0.717) is 27.0 Å².